The van der Waals surface area contributed by atoms with Crippen LogP contribution >= 0.6 is 0 Å². The van der Waals surface area contributed by atoms with E-state index >= 15 is 0 Å². The molecule has 0 radical (unpaired) electrons. The molecule has 0 unspecified atom stereocenters. The van der Waals surface area contributed by atoms with Crippen molar-refractivity contribution in [1.29, 1.82) is 0 Å². The number of aryl methyl sites for hydroxylation is 2. The van der Waals surface area contributed by atoms with E-state index in [1.165, 1.54) is 0 Å². The molecule has 0 aliphatic heterocycles. The van der Waals surface area contributed by atoms with Gasteiger partial charge in [-0.15, -0.1) is 0 Å². The molecule has 6 heteroatoms. The van der Waals surface area contributed by atoms with Crippen molar-refractivity contribution in [2.45, 2.75) is 26.9 Å². The number of nitrogens with zero attached hydrogens (tertiary/aromatic N) is 4. The molecular weight excluding hydrogens is 230 g/mol. The monoisotopic (exact) mass is 245 g/mol. The van der Waals surface area contributed by atoms with Crippen LogP contribution in [0.5, 0.6) is 0 Å². The minimum Gasteiger partial charge on any atom is -0.360 e. The molecule has 0 aliphatic carbocycles. The molecule has 6 nitrogen and oxygen atoms in total. The summed E-state index contributed by atoms with van der Waals surface area (Å²) in [6.07, 6.45) is 6.65. The lowest BCUT2D eigenvalue weighted by Crippen LogP contribution is -2.23. The highest BCUT2D eigenvalue weighted by molar-refractivity contribution is 5.31. The van der Waals surface area contributed by atoms with Crippen molar-refractivity contribution >= 4 is 5.82 Å². The van der Waals surface area contributed by atoms with Crippen molar-refractivity contribution in [3.63, 3.8) is 0 Å². The molecule has 2 aromatic rings. The summed E-state index contributed by atoms with van der Waals surface area (Å²) in [4.78, 5) is 24.2. The third-order valence-electron chi connectivity index (χ3n) is 2.53. The van der Waals surface area contributed by atoms with Gasteiger partial charge in [0.15, 0.2) is 5.82 Å². The maximum atomic E-state index is 11.9. The lowest BCUT2D eigenvalue weighted by atomic mass is 10.4. The molecule has 2 heterocycles. The largest absolute Gasteiger partial charge is 0.360 e. The van der Waals surface area contributed by atoms with Gasteiger partial charge in [0, 0.05) is 25.1 Å². The van der Waals surface area contributed by atoms with Crippen LogP contribution in [0.2, 0.25) is 0 Å². The Bertz CT molecular complexity index is 576. The van der Waals surface area contributed by atoms with Gasteiger partial charge < -0.3 is 9.88 Å². The topological polar surface area (TPSA) is 72.7 Å². The molecular formula is C12H15N5O. The lowest BCUT2D eigenvalue weighted by molar-refractivity contribution is 0.718. The van der Waals surface area contributed by atoms with E-state index in [4.69, 9.17) is 0 Å². The van der Waals surface area contributed by atoms with Gasteiger partial charge in [-0.05, 0) is 13.8 Å². The van der Waals surface area contributed by atoms with Crippen molar-refractivity contribution in [3.05, 3.63) is 46.5 Å². The highest BCUT2D eigenvalue weighted by Gasteiger charge is 2.03. The number of anilines is 1. The van der Waals surface area contributed by atoms with Gasteiger partial charge in [0.25, 0.3) is 5.56 Å². The Balaban J connectivity index is 2.11. The van der Waals surface area contributed by atoms with Crippen LogP contribution < -0.4 is 10.9 Å². The minimum absolute atomic E-state index is 0.125. The van der Waals surface area contributed by atoms with Crippen LogP contribution in [0.15, 0.2) is 29.6 Å². The van der Waals surface area contributed by atoms with Gasteiger partial charge in [-0.2, -0.15) is 0 Å². The molecule has 2 rings (SSSR count). The summed E-state index contributed by atoms with van der Waals surface area (Å²) < 4.78 is 1.59. The number of hydrogen-bond acceptors (Lipinski definition) is 5. The Morgan fingerprint density at radius 2 is 2.11 bits per heavy atom. The Kier molecular flexibility index (Phi) is 3.66. The zero-order valence-electron chi connectivity index (χ0n) is 10.4. The van der Waals surface area contributed by atoms with Crippen LogP contribution in [0, 0.1) is 6.92 Å². The van der Waals surface area contributed by atoms with Gasteiger partial charge in [0.2, 0.25) is 0 Å². The summed E-state index contributed by atoms with van der Waals surface area (Å²) in [5.74, 6) is 0.335. The van der Waals surface area contributed by atoms with Gasteiger partial charge in [-0.25, -0.2) is 4.98 Å². The molecule has 0 saturated carbocycles. The maximum Gasteiger partial charge on any atom is 0.293 e. The zero-order valence-corrected chi connectivity index (χ0v) is 10.4. The fourth-order valence-corrected chi connectivity index (χ4v) is 1.50. The molecule has 1 N–H and O–H groups in total. The van der Waals surface area contributed by atoms with Crippen LogP contribution in [0.3, 0.4) is 0 Å². The van der Waals surface area contributed by atoms with Crippen molar-refractivity contribution in [1.82, 2.24) is 19.5 Å². The second-order valence-electron chi connectivity index (χ2n) is 3.87. The van der Waals surface area contributed by atoms with Gasteiger partial charge in [0.1, 0.15) is 0 Å². The molecule has 0 spiro atoms. The number of aromatic nitrogens is 4. The first-order valence-corrected chi connectivity index (χ1v) is 5.77. The molecule has 0 aliphatic rings. The van der Waals surface area contributed by atoms with Crippen LogP contribution in [0.25, 0.3) is 0 Å². The van der Waals surface area contributed by atoms with E-state index < -0.39 is 0 Å². The van der Waals surface area contributed by atoms with Gasteiger partial charge in [-0.3, -0.25) is 14.8 Å². The predicted octanol–water partition coefficient (Wildman–Crippen LogP) is 0.974. The summed E-state index contributed by atoms with van der Waals surface area (Å²) in [6, 6.07) is 0. The first-order valence-electron chi connectivity index (χ1n) is 5.77. The first kappa shape index (κ1) is 12.2. The van der Waals surface area contributed by atoms with E-state index in [0.29, 0.717) is 18.9 Å². The highest BCUT2D eigenvalue weighted by Crippen LogP contribution is 1.99. The average molecular weight is 245 g/mol. The van der Waals surface area contributed by atoms with E-state index in [2.05, 4.69) is 20.3 Å². The normalized spacial score (nSPS) is 10.3. The SMILES string of the molecule is CCn1ccnc(NCc2cnc(C)cn2)c1=O. The van der Waals surface area contributed by atoms with Gasteiger partial charge >= 0.3 is 0 Å². The minimum atomic E-state index is -0.125. The zero-order chi connectivity index (χ0) is 13.0. The molecule has 0 fully saturated rings. The Hall–Kier alpha value is -2.24. The van der Waals surface area contributed by atoms with E-state index in [1.807, 2.05) is 13.8 Å². The average Bonchev–Trinajstić information content (AvgIpc) is 2.39. The molecule has 0 bridgehead atoms. The second kappa shape index (κ2) is 5.39. The summed E-state index contributed by atoms with van der Waals surface area (Å²) in [6.45, 7) is 4.85. The number of rotatable bonds is 4. The molecule has 0 atom stereocenters. The summed E-state index contributed by atoms with van der Waals surface area (Å²) in [5.41, 5.74) is 1.51. The summed E-state index contributed by atoms with van der Waals surface area (Å²) in [5, 5.41) is 2.98. The summed E-state index contributed by atoms with van der Waals surface area (Å²) >= 11 is 0. The molecule has 0 aromatic carbocycles. The molecule has 0 saturated heterocycles. The standard InChI is InChI=1S/C12H15N5O/c1-3-17-5-4-13-11(12(17)18)16-8-10-7-14-9(2)6-15-10/h4-7H,3,8H2,1-2H3,(H,13,16). The lowest BCUT2D eigenvalue weighted by Gasteiger charge is -2.06. The van der Waals surface area contributed by atoms with Crippen molar-refractivity contribution < 1.29 is 0 Å². The Labute approximate surface area is 105 Å². The maximum absolute atomic E-state index is 11.9. The van der Waals surface area contributed by atoms with Crippen LogP contribution in [0.1, 0.15) is 18.3 Å². The Morgan fingerprint density at radius 1 is 1.28 bits per heavy atom. The molecule has 2 aromatic heterocycles. The second-order valence-corrected chi connectivity index (χ2v) is 3.87. The molecule has 18 heavy (non-hydrogen) atoms. The van der Waals surface area contributed by atoms with E-state index in [9.17, 15) is 4.79 Å². The van der Waals surface area contributed by atoms with Crippen LogP contribution in [0.4, 0.5) is 5.82 Å². The van der Waals surface area contributed by atoms with Crippen molar-refractivity contribution in [2.24, 2.45) is 0 Å². The highest BCUT2D eigenvalue weighted by atomic mass is 16.1. The van der Waals surface area contributed by atoms with Crippen LogP contribution in [-0.4, -0.2) is 19.5 Å². The third kappa shape index (κ3) is 2.71. The van der Waals surface area contributed by atoms with E-state index in [-0.39, 0.29) is 5.56 Å². The first-order chi connectivity index (χ1) is 8.70. The number of nitrogens with one attached hydrogen (secondary N) is 1. The number of hydrogen-bond donors (Lipinski definition) is 1. The van der Waals surface area contributed by atoms with Crippen molar-refractivity contribution in [2.75, 3.05) is 5.32 Å². The fraction of sp³-hybridized carbons (Fsp3) is 0.333. The smallest absolute Gasteiger partial charge is 0.293 e. The van der Waals surface area contributed by atoms with E-state index in [0.717, 1.165) is 11.4 Å². The Morgan fingerprint density at radius 3 is 2.78 bits per heavy atom. The fourth-order valence-electron chi connectivity index (χ4n) is 1.50. The molecule has 0 amide bonds. The van der Waals surface area contributed by atoms with Gasteiger partial charge in [-0.1, -0.05) is 0 Å². The van der Waals surface area contributed by atoms with Gasteiger partial charge in [0.05, 0.1) is 24.1 Å². The van der Waals surface area contributed by atoms with E-state index in [1.54, 1.807) is 29.4 Å². The quantitative estimate of drug-likeness (QED) is 0.869. The van der Waals surface area contributed by atoms with Crippen LogP contribution in [-0.2, 0) is 13.1 Å². The predicted molar refractivity (Wildman–Crippen MR) is 68.3 cm³/mol. The molecule has 94 valence electrons. The summed E-state index contributed by atoms with van der Waals surface area (Å²) in [7, 11) is 0. The third-order valence-corrected chi connectivity index (χ3v) is 2.53. The van der Waals surface area contributed by atoms with Crippen molar-refractivity contribution in [3.8, 4) is 0 Å².